The van der Waals surface area contributed by atoms with Crippen LogP contribution < -0.4 is 0 Å². The van der Waals surface area contributed by atoms with E-state index < -0.39 is 0 Å². The lowest BCUT2D eigenvalue weighted by Gasteiger charge is -2.46. The smallest absolute Gasteiger partial charge is 0.219 e. The summed E-state index contributed by atoms with van der Waals surface area (Å²) in [7, 11) is 0. The molecule has 2 aliphatic heterocycles. The van der Waals surface area contributed by atoms with Gasteiger partial charge in [0, 0.05) is 37.5 Å². The highest BCUT2D eigenvalue weighted by atomic mass is 16.3. The number of hydrogen-bond donors (Lipinski definition) is 0. The largest absolute Gasteiger partial charge is 0.472 e. The molecule has 0 radical (unpaired) electrons. The first-order valence-electron chi connectivity index (χ1n) is 8.75. The molecule has 2 atom stereocenters. The molecule has 0 saturated carbocycles. The van der Waals surface area contributed by atoms with Crippen molar-refractivity contribution in [1.82, 2.24) is 9.80 Å². The molecule has 1 aromatic heterocycles. The van der Waals surface area contributed by atoms with E-state index in [1.807, 2.05) is 12.3 Å². The number of furan rings is 1. The minimum absolute atomic E-state index is 0.111. The quantitative estimate of drug-likeness (QED) is 0.871. The van der Waals surface area contributed by atoms with Crippen molar-refractivity contribution in [1.29, 1.82) is 0 Å². The number of fused-ring (bicyclic) bond motifs is 1. The summed E-state index contributed by atoms with van der Waals surface area (Å²) < 4.78 is 5.20. The second kappa shape index (κ2) is 6.10. The number of benzene rings is 1. The fourth-order valence-electron chi connectivity index (χ4n) is 4.61. The Bertz CT molecular complexity index is 698. The van der Waals surface area contributed by atoms with Crippen LogP contribution in [0, 0.1) is 0 Å². The second-order valence-electron chi connectivity index (χ2n) is 7.12. The van der Waals surface area contributed by atoms with Crippen molar-refractivity contribution in [3.8, 4) is 0 Å². The molecule has 0 bridgehead atoms. The predicted octanol–water partition coefficient (Wildman–Crippen LogP) is 3.04. The van der Waals surface area contributed by atoms with Crippen molar-refractivity contribution >= 4 is 5.91 Å². The van der Waals surface area contributed by atoms with Crippen molar-refractivity contribution in [2.24, 2.45) is 0 Å². The summed E-state index contributed by atoms with van der Waals surface area (Å²) in [5, 5.41) is 0. The average Bonchev–Trinajstić information content (AvgIpc) is 3.23. The topological polar surface area (TPSA) is 36.7 Å². The van der Waals surface area contributed by atoms with Gasteiger partial charge in [-0.15, -0.1) is 0 Å². The first kappa shape index (κ1) is 15.5. The number of nitrogens with zero attached hydrogens (tertiary/aromatic N) is 2. The summed E-state index contributed by atoms with van der Waals surface area (Å²) >= 11 is 0. The highest BCUT2D eigenvalue weighted by Gasteiger charge is 2.51. The molecule has 2 aliphatic rings. The monoisotopic (exact) mass is 324 g/mol. The fraction of sp³-hybridized carbons (Fsp3) is 0.450. The molecule has 2 fully saturated rings. The lowest BCUT2D eigenvalue weighted by Crippen LogP contribution is -2.56. The van der Waals surface area contributed by atoms with E-state index in [0.717, 1.165) is 39.0 Å². The van der Waals surface area contributed by atoms with Gasteiger partial charge in [0.2, 0.25) is 5.91 Å². The first-order chi connectivity index (χ1) is 11.7. The van der Waals surface area contributed by atoms with Crippen LogP contribution in [0.4, 0.5) is 0 Å². The van der Waals surface area contributed by atoms with E-state index in [-0.39, 0.29) is 17.4 Å². The minimum Gasteiger partial charge on any atom is -0.472 e. The maximum Gasteiger partial charge on any atom is 0.219 e. The highest BCUT2D eigenvalue weighted by Crippen LogP contribution is 2.46. The molecule has 4 heteroatoms. The molecule has 0 aliphatic carbocycles. The van der Waals surface area contributed by atoms with Crippen LogP contribution in [0.25, 0.3) is 0 Å². The van der Waals surface area contributed by atoms with E-state index in [0.29, 0.717) is 0 Å². The van der Waals surface area contributed by atoms with Gasteiger partial charge >= 0.3 is 0 Å². The zero-order valence-electron chi connectivity index (χ0n) is 14.1. The van der Waals surface area contributed by atoms with Crippen LogP contribution >= 0.6 is 0 Å². The summed E-state index contributed by atoms with van der Waals surface area (Å²) in [6.07, 6.45) is 5.71. The molecule has 4 nitrogen and oxygen atoms in total. The molecule has 4 rings (SSSR count). The van der Waals surface area contributed by atoms with Crippen LogP contribution in [0.3, 0.4) is 0 Å². The third-order valence-electron chi connectivity index (χ3n) is 5.86. The predicted molar refractivity (Wildman–Crippen MR) is 92.5 cm³/mol. The molecule has 24 heavy (non-hydrogen) atoms. The third-order valence-corrected chi connectivity index (χ3v) is 5.86. The van der Waals surface area contributed by atoms with Gasteiger partial charge in [0.1, 0.15) is 0 Å². The van der Waals surface area contributed by atoms with Gasteiger partial charge in [-0.25, -0.2) is 0 Å². The zero-order chi connectivity index (χ0) is 16.6. The van der Waals surface area contributed by atoms with Crippen molar-refractivity contribution in [2.45, 2.75) is 37.8 Å². The van der Waals surface area contributed by atoms with Crippen LogP contribution in [-0.2, 0) is 16.8 Å². The van der Waals surface area contributed by atoms with E-state index >= 15 is 0 Å². The molecule has 1 aromatic carbocycles. The van der Waals surface area contributed by atoms with Crippen LogP contribution in [0.5, 0.6) is 0 Å². The van der Waals surface area contributed by atoms with Gasteiger partial charge in [-0.05, 0) is 31.0 Å². The maximum atomic E-state index is 12.2. The molecule has 0 N–H and O–H groups in total. The number of carbonyl (C=O) groups is 1. The minimum atomic E-state index is 0.111. The summed E-state index contributed by atoms with van der Waals surface area (Å²) in [6.45, 7) is 5.45. The summed E-state index contributed by atoms with van der Waals surface area (Å²) in [4.78, 5) is 16.7. The van der Waals surface area contributed by atoms with E-state index in [9.17, 15) is 4.79 Å². The number of rotatable bonds is 3. The Morgan fingerprint density at radius 3 is 2.71 bits per heavy atom. The number of amides is 1. The van der Waals surface area contributed by atoms with E-state index in [1.165, 1.54) is 11.1 Å². The lowest BCUT2D eigenvalue weighted by atomic mass is 9.69. The molecular weight excluding hydrogens is 300 g/mol. The lowest BCUT2D eigenvalue weighted by molar-refractivity contribution is -0.131. The number of carbonyl (C=O) groups excluding carboxylic acids is 1. The molecule has 0 unspecified atom stereocenters. The molecule has 3 heterocycles. The summed E-state index contributed by atoms with van der Waals surface area (Å²) in [5.74, 6) is 0.197. The van der Waals surface area contributed by atoms with Crippen molar-refractivity contribution in [2.75, 3.05) is 19.6 Å². The van der Waals surface area contributed by atoms with Crippen molar-refractivity contribution in [3.63, 3.8) is 0 Å². The first-order valence-corrected chi connectivity index (χ1v) is 8.75. The fourth-order valence-corrected chi connectivity index (χ4v) is 4.61. The molecule has 2 aromatic rings. The van der Waals surface area contributed by atoms with Gasteiger partial charge in [0.25, 0.3) is 0 Å². The number of piperidine rings is 1. The summed E-state index contributed by atoms with van der Waals surface area (Å²) in [6, 6.07) is 13.1. The summed E-state index contributed by atoms with van der Waals surface area (Å²) in [5.41, 5.74) is 2.70. The average molecular weight is 324 g/mol. The van der Waals surface area contributed by atoms with Gasteiger partial charge in [-0.1, -0.05) is 30.3 Å². The molecule has 1 amide bonds. The molecular formula is C20H24N2O2. The van der Waals surface area contributed by atoms with Crippen LogP contribution in [0.15, 0.2) is 53.3 Å². The van der Waals surface area contributed by atoms with E-state index in [1.54, 1.807) is 13.2 Å². The Kier molecular flexibility index (Phi) is 3.93. The number of likely N-dealkylation sites (tertiary alicyclic amines) is 2. The van der Waals surface area contributed by atoms with Gasteiger partial charge in [0.05, 0.1) is 18.6 Å². The van der Waals surface area contributed by atoms with Crippen LogP contribution in [0.2, 0.25) is 0 Å². The molecule has 2 saturated heterocycles. The van der Waals surface area contributed by atoms with Gasteiger partial charge in [0.15, 0.2) is 0 Å². The molecule has 0 spiro atoms. The third kappa shape index (κ3) is 2.55. The number of hydrogen-bond acceptors (Lipinski definition) is 3. The zero-order valence-corrected chi connectivity index (χ0v) is 14.1. The van der Waals surface area contributed by atoms with E-state index in [2.05, 4.69) is 40.1 Å². The Hall–Kier alpha value is -2.07. The second-order valence-corrected chi connectivity index (χ2v) is 7.12. The Morgan fingerprint density at radius 1 is 1.21 bits per heavy atom. The Morgan fingerprint density at radius 2 is 2.00 bits per heavy atom. The highest BCUT2D eigenvalue weighted by molar-refractivity contribution is 5.74. The molecule has 126 valence electrons. The van der Waals surface area contributed by atoms with E-state index in [4.69, 9.17) is 4.42 Å². The van der Waals surface area contributed by atoms with Crippen molar-refractivity contribution in [3.05, 3.63) is 60.1 Å². The SMILES string of the molecule is CC(=O)N1CC[C@@]2(c3ccccc3)CCN(Cc3ccoc3)C[C@H]12. The van der Waals surface area contributed by atoms with Crippen molar-refractivity contribution < 1.29 is 9.21 Å². The normalized spacial score (nSPS) is 27.2. The van der Waals surface area contributed by atoms with Gasteiger partial charge < -0.3 is 9.32 Å². The Labute approximate surface area is 143 Å². The van der Waals surface area contributed by atoms with Crippen LogP contribution in [0.1, 0.15) is 30.9 Å². The van der Waals surface area contributed by atoms with Crippen LogP contribution in [-0.4, -0.2) is 41.4 Å². The van der Waals surface area contributed by atoms with Gasteiger partial charge in [-0.2, -0.15) is 0 Å². The van der Waals surface area contributed by atoms with Gasteiger partial charge in [-0.3, -0.25) is 9.69 Å². The Balaban J connectivity index is 1.62. The standard InChI is InChI=1S/C20H24N2O2/c1-16(23)22-11-9-20(18-5-3-2-4-6-18)8-10-21(14-19(20)22)13-17-7-12-24-15-17/h2-7,12,15,19H,8-11,13-14H2,1H3/t19-,20+/m0/s1. The maximum absolute atomic E-state index is 12.2.